The van der Waals surface area contributed by atoms with Gasteiger partial charge in [-0.15, -0.1) is 23.2 Å². The molecule has 1 fully saturated rings. The van der Waals surface area contributed by atoms with Crippen molar-refractivity contribution in [3.8, 4) is 0 Å². The molecule has 3 rings (SSSR count). The molecule has 0 bridgehead atoms. The molecule has 1 amide bonds. The Morgan fingerprint density at radius 1 is 1.03 bits per heavy atom. The summed E-state index contributed by atoms with van der Waals surface area (Å²) in [6.07, 6.45) is -6.47. The Bertz CT molecular complexity index is 1060. The zero-order valence-electron chi connectivity index (χ0n) is 16.1. The third kappa shape index (κ3) is 5.87. The molecular weight excluding hydrogens is 516 g/mol. The summed E-state index contributed by atoms with van der Waals surface area (Å²) in [6, 6.07) is 8.58. The lowest BCUT2D eigenvalue weighted by Gasteiger charge is -2.10. The van der Waals surface area contributed by atoms with E-state index in [2.05, 4.69) is 0 Å². The number of hydrogen-bond donors (Lipinski definition) is 1. The van der Waals surface area contributed by atoms with Gasteiger partial charge in [0.1, 0.15) is 22.4 Å². The van der Waals surface area contributed by atoms with Gasteiger partial charge in [-0.25, -0.2) is 4.39 Å². The molecule has 32 heavy (non-hydrogen) atoms. The van der Waals surface area contributed by atoms with E-state index in [-0.39, 0.29) is 17.8 Å². The highest BCUT2D eigenvalue weighted by molar-refractivity contribution is 6.53. The molecule has 0 spiro atoms. The van der Waals surface area contributed by atoms with Crippen LogP contribution < -0.4 is 5.32 Å². The molecule has 1 aliphatic rings. The van der Waals surface area contributed by atoms with E-state index in [1.54, 1.807) is 18.2 Å². The van der Waals surface area contributed by atoms with Crippen LogP contribution in [0, 0.1) is 11.7 Å². The summed E-state index contributed by atoms with van der Waals surface area (Å²) < 4.78 is 49.4. The number of carbonyl (C=O) groups is 2. The summed E-state index contributed by atoms with van der Waals surface area (Å²) in [5, 5.41) is 2.65. The van der Waals surface area contributed by atoms with E-state index in [4.69, 9.17) is 46.4 Å². The quantitative estimate of drug-likeness (QED) is 0.332. The molecule has 2 aromatic carbocycles. The molecule has 1 N–H and O–H groups in total. The number of halogens is 8. The largest absolute Gasteiger partial charge is 0.397 e. The van der Waals surface area contributed by atoms with Crippen LogP contribution in [0.5, 0.6) is 0 Å². The zero-order chi connectivity index (χ0) is 23.8. The second-order valence-electron chi connectivity index (χ2n) is 7.44. The van der Waals surface area contributed by atoms with Crippen molar-refractivity contribution in [3.05, 3.63) is 69.0 Å². The van der Waals surface area contributed by atoms with Gasteiger partial charge in [0.05, 0.1) is 16.0 Å². The highest BCUT2D eigenvalue weighted by Crippen LogP contribution is 2.65. The Kier molecular flexibility index (Phi) is 7.35. The van der Waals surface area contributed by atoms with Crippen molar-refractivity contribution in [1.82, 2.24) is 5.32 Å². The summed E-state index contributed by atoms with van der Waals surface area (Å²) in [5.41, 5.74) is 1.00. The highest BCUT2D eigenvalue weighted by Gasteiger charge is 2.66. The maximum Gasteiger partial charge on any atom is 0.397 e. The molecule has 0 aliphatic heterocycles. The Balaban J connectivity index is 1.68. The molecular formula is C21H15Cl4F4NO2. The van der Waals surface area contributed by atoms with E-state index < -0.39 is 47.0 Å². The van der Waals surface area contributed by atoms with Crippen LogP contribution in [-0.4, -0.2) is 22.2 Å². The Labute approximate surface area is 201 Å². The van der Waals surface area contributed by atoms with Crippen LogP contribution in [0.15, 0.2) is 36.4 Å². The van der Waals surface area contributed by atoms with Gasteiger partial charge in [0.25, 0.3) is 0 Å². The first kappa shape index (κ1) is 25.1. The van der Waals surface area contributed by atoms with Gasteiger partial charge >= 0.3 is 6.18 Å². The van der Waals surface area contributed by atoms with Gasteiger partial charge in [-0.1, -0.05) is 41.4 Å². The minimum atomic E-state index is -4.67. The first-order valence-electron chi connectivity index (χ1n) is 9.26. The SMILES string of the molecule is O=C(CC(F)(F)F)NCc1cc(CC(=O)C2C(c3ccc(Cl)c(Cl)c3)C2(Cl)Cl)ccc1F. The molecule has 2 unspecified atom stereocenters. The third-order valence-corrected chi connectivity index (χ3v) is 6.71. The first-order chi connectivity index (χ1) is 14.8. The van der Waals surface area contributed by atoms with Crippen molar-refractivity contribution in [2.45, 2.75) is 35.8 Å². The lowest BCUT2D eigenvalue weighted by atomic mass is 10.0. The van der Waals surface area contributed by atoms with Crippen molar-refractivity contribution < 1.29 is 27.2 Å². The normalized spacial score (nSPS) is 19.5. The van der Waals surface area contributed by atoms with Crippen LogP contribution in [0.25, 0.3) is 0 Å². The maximum atomic E-state index is 14.0. The molecule has 2 aromatic rings. The van der Waals surface area contributed by atoms with Gasteiger partial charge in [-0.3, -0.25) is 9.59 Å². The molecule has 11 heteroatoms. The smallest absolute Gasteiger partial charge is 0.352 e. The van der Waals surface area contributed by atoms with Crippen LogP contribution in [-0.2, 0) is 22.6 Å². The first-order valence-corrected chi connectivity index (χ1v) is 10.8. The fourth-order valence-corrected chi connectivity index (χ4v) is 4.65. The van der Waals surface area contributed by atoms with Crippen molar-refractivity contribution >= 4 is 58.1 Å². The monoisotopic (exact) mass is 529 g/mol. The molecule has 1 saturated carbocycles. The number of benzene rings is 2. The molecule has 0 aromatic heterocycles. The Morgan fingerprint density at radius 3 is 2.34 bits per heavy atom. The van der Waals surface area contributed by atoms with Crippen LogP contribution in [0.2, 0.25) is 10.0 Å². The second-order valence-corrected chi connectivity index (χ2v) is 9.70. The zero-order valence-corrected chi connectivity index (χ0v) is 19.1. The van der Waals surface area contributed by atoms with E-state index in [1.807, 2.05) is 5.32 Å². The molecule has 1 aliphatic carbocycles. The number of rotatable bonds is 7. The van der Waals surface area contributed by atoms with E-state index in [0.29, 0.717) is 21.2 Å². The Hall–Kier alpha value is -1.54. The van der Waals surface area contributed by atoms with E-state index in [1.165, 1.54) is 12.1 Å². The van der Waals surface area contributed by atoms with Crippen LogP contribution in [0.1, 0.15) is 29.0 Å². The average molecular weight is 531 g/mol. The van der Waals surface area contributed by atoms with Crippen molar-refractivity contribution in [2.24, 2.45) is 5.92 Å². The lowest BCUT2D eigenvalue weighted by molar-refractivity contribution is -0.153. The summed E-state index contributed by atoms with van der Waals surface area (Å²) >= 11 is 24.6. The van der Waals surface area contributed by atoms with Gasteiger partial charge in [0.2, 0.25) is 5.91 Å². The number of hydrogen-bond acceptors (Lipinski definition) is 2. The number of nitrogens with one attached hydrogen (secondary N) is 1. The number of Topliss-reactive ketones (excluding diaryl/α,β-unsaturated/α-hetero) is 1. The van der Waals surface area contributed by atoms with Crippen LogP contribution in [0.3, 0.4) is 0 Å². The van der Waals surface area contributed by atoms with E-state index in [9.17, 15) is 27.2 Å². The molecule has 0 heterocycles. The maximum absolute atomic E-state index is 14.0. The molecule has 2 atom stereocenters. The van der Waals surface area contributed by atoms with Gasteiger partial charge in [-0.2, -0.15) is 13.2 Å². The summed E-state index contributed by atoms with van der Waals surface area (Å²) in [7, 11) is 0. The predicted octanol–water partition coefficient (Wildman–Crippen LogP) is 6.40. The van der Waals surface area contributed by atoms with Crippen molar-refractivity contribution in [2.75, 3.05) is 0 Å². The standard InChI is InChI=1S/C21H15Cl4F4NO2/c22-13-3-2-11(7-14(13)23)18-19(21(18,24)25)16(31)6-10-1-4-15(26)12(5-10)9-30-17(32)8-20(27,28)29/h1-5,7,18-19H,6,8-9H2,(H,30,32). The van der Waals surface area contributed by atoms with Crippen molar-refractivity contribution in [1.29, 1.82) is 0 Å². The topological polar surface area (TPSA) is 46.2 Å². The molecule has 0 saturated heterocycles. The van der Waals surface area contributed by atoms with Crippen molar-refractivity contribution in [3.63, 3.8) is 0 Å². The van der Waals surface area contributed by atoms with Gasteiger partial charge in [0, 0.05) is 24.4 Å². The number of carbonyl (C=O) groups excluding carboxylic acids is 2. The summed E-state index contributed by atoms with van der Waals surface area (Å²) in [4.78, 5) is 24.2. The van der Waals surface area contributed by atoms with E-state index >= 15 is 0 Å². The lowest BCUT2D eigenvalue weighted by Crippen LogP contribution is -2.28. The summed E-state index contributed by atoms with van der Waals surface area (Å²) in [5.74, 6) is -3.55. The van der Waals surface area contributed by atoms with Crippen LogP contribution in [0.4, 0.5) is 17.6 Å². The van der Waals surface area contributed by atoms with Crippen LogP contribution >= 0.6 is 46.4 Å². The minimum absolute atomic E-state index is 0.0503. The number of amides is 1. The fraction of sp³-hybridized carbons (Fsp3) is 0.333. The highest BCUT2D eigenvalue weighted by atomic mass is 35.5. The Morgan fingerprint density at radius 2 is 1.72 bits per heavy atom. The van der Waals surface area contributed by atoms with Gasteiger partial charge < -0.3 is 5.32 Å². The fourth-order valence-electron chi connectivity index (χ4n) is 3.47. The third-order valence-electron chi connectivity index (χ3n) is 5.03. The predicted molar refractivity (Wildman–Crippen MR) is 115 cm³/mol. The molecule has 0 radical (unpaired) electrons. The number of ketones is 1. The molecule has 3 nitrogen and oxygen atoms in total. The minimum Gasteiger partial charge on any atom is -0.352 e. The number of alkyl halides is 5. The van der Waals surface area contributed by atoms with E-state index in [0.717, 1.165) is 6.07 Å². The van der Waals surface area contributed by atoms with Gasteiger partial charge in [-0.05, 0) is 29.3 Å². The van der Waals surface area contributed by atoms with Gasteiger partial charge in [0.15, 0.2) is 0 Å². The average Bonchev–Trinajstić information content (AvgIpc) is 3.25. The molecule has 172 valence electrons. The summed E-state index contributed by atoms with van der Waals surface area (Å²) in [6.45, 7) is -0.451. The second kappa shape index (κ2) is 9.37.